The lowest BCUT2D eigenvalue weighted by Gasteiger charge is -2.38. The highest BCUT2D eigenvalue weighted by Gasteiger charge is 2.42. The molecule has 1 aromatic rings. The maximum atomic E-state index is 12.4. The third-order valence-electron chi connectivity index (χ3n) is 3.47. The van der Waals surface area contributed by atoms with Gasteiger partial charge in [-0.05, 0) is 25.5 Å². The number of carbonyl (C=O) groups is 1. The van der Waals surface area contributed by atoms with Crippen molar-refractivity contribution in [3.8, 4) is 0 Å². The number of hydrogen-bond donors (Lipinski definition) is 0. The molecule has 98 valence electrons. The zero-order chi connectivity index (χ0) is 12.6. The van der Waals surface area contributed by atoms with E-state index in [0.717, 1.165) is 24.3 Å². The molecule has 5 heteroatoms. The number of carbonyl (C=O) groups excluding carboxylic acids is 1. The van der Waals surface area contributed by atoms with Crippen LogP contribution < -0.4 is 0 Å². The summed E-state index contributed by atoms with van der Waals surface area (Å²) in [6.45, 7) is 4.65. The molecule has 18 heavy (non-hydrogen) atoms. The highest BCUT2D eigenvalue weighted by molar-refractivity contribution is 7.13. The summed E-state index contributed by atoms with van der Waals surface area (Å²) in [6.07, 6.45) is 1.83. The van der Waals surface area contributed by atoms with E-state index in [1.807, 2.05) is 24.0 Å². The molecule has 2 aliphatic heterocycles. The van der Waals surface area contributed by atoms with Gasteiger partial charge in [0.15, 0.2) is 5.79 Å². The monoisotopic (exact) mass is 267 g/mol. The van der Waals surface area contributed by atoms with E-state index in [0.29, 0.717) is 19.8 Å². The van der Waals surface area contributed by atoms with Crippen molar-refractivity contribution in [2.75, 3.05) is 26.3 Å². The summed E-state index contributed by atoms with van der Waals surface area (Å²) < 4.78 is 11.4. The average Bonchev–Trinajstić information content (AvgIpc) is 2.98. The zero-order valence-corrected chi connectivity index (χ0v) is 11.3. The number of hydrogen-bond acceptors (Lipinski definition) is 4. The van der Waals surface area contributed by atoms with E-state index in [-0.39, 0.29) is 5.91 Å². The maximum absolute atomic E-state index is 12.4. The van der Waals surface area contributed by atoms with Crippen LogP contribution in [0.2, 0.25) is 0 Å². The van der Waals surface area contributed by atoms with E-state index in [9.17, 15) is 4.79 Å². The van der Waals surface area contributed by atoms with Crippen molar-refractivity contribution in [3.63, 3.8) is 0 Å². The third-order valence-corrected chi connectivity index (χ3v) is 4.46. The molecule has 0 saturated carbocycles. The summed E-state index contributed by atoms with van der Waals surface area (Å²) in [5, 5.41) is 0. The molecule has 4 nitrogen and oxygen atoms in total. The smallest absolute Gasteiger partial charge is 0.264 e. The van der Waals surface area contributed by atoms with Crippen LogP contribution in [0, 0.1) is 6.92 Å². The molecule has 1 spiro atoms. The molecule has 1 aromatic heterocycles. The van der Waals surface area contributed by atoms with Gasteiger partial charge in [0.2, 0.25) is 0 Å². The molecule has 0 bridgehead atoms. The van der Waals surface area contributed by atoms with Crippen molar-refractivity contribution >= 4 is 17.2 Å². The summed E-state index contributed by atoms with van der Waals surface area (Å²) in [5.41, 5.74) is 0. The number of likely N-dealkylation sites (tertiary alicyclic amines) is 1. The lowest BCUT2D eigenvalue weighted by Crippen LogP contribution is -2.50. The van der Waals surface area contributed by atoms with E-state index in [1.54, 1.807) is 11.3 Å². The van der Waals surface area contributed by atoms with Crippen LogP contribution in [0.25, 0.3) is 0 Å². The second kappa shape index (κ2) is 4.64. The fourth-order valence-corrected chi connectivity index (χ4v) is 3.43. The second-order valence-corrected chi connectivity index (χ2v) is 6.14. The molecule has 2 fully saturated rings. The standard InChI is InChI=1S/C13H17NO3S/c1-10-3-4-11(18-10)12(15)14-6-2-5-13(9-14)16-7-8-17-13/h3-4H,2,5-9H2,1H3. The molecule has 2 saturated heterocycles. The Hall–Kier alpha value is -0.910. The van der Waals surface area contributed by atoms with Gasteiger partial charge < -0.3 is 14.4 Å². The molecule has 3 heterocycles. The number of thiophene rings is 1. The van der Waals surface area contributed by atoms with Gasteiger partial charge >= 0.3 is 0 Å². The highest BCUT2D eigenvalue weighted by Crippen LogP contribution is 2.31. The normalized spacial score (nSPS) is 22.6. The zero-order valence-electron chi connectivity index (χ0n) is 10.5. The molecule has 1 amide bonds. The van der Waals surface area contributed by atoms with Crippen LogP contribution in [0.3, 0.4) is 0 Å². The third kappa shape index (κ3) is 2.18. The molecule has 0 radical (unpaired) electrons. The summed E-state index contributed by atoms with van der Waals surface area (Å²) in [7, 11) is 0. The Balaban J connectivity index is 1.74. The molecule has 0 aliphatic carbocycles. The van der Waals surface area contributed by atoms with Gasteiger partial charge in [-0.15, -0.1) is 11.3 Å². The Morgan fingerprint density at radius 3 is 2.83 bits per heavy atom. The Labute approximate surface area is 110 Å². The summed E-state index contributed by atoms with van der Waals surface area (Å²) in [6, 6.07) is 3.89. The quantitative estimate of drug-likeness (QED) is 0.781. The summed E-state index contributed by atoms with van der Waals surface area (Å²) >= 11 is 1.55. The Morgan fingerprint density at radius 2 is 2.17 bits per heavy atom. The van der Waals surface area contributed by atoms with Crippen LogP contribution in [-0.4, -0.2) is 42.9 Å². The fraction of sp³-hybridized carbons (Fsp3) is 0.615. The molecule has 0 N–H and O–H groups in total. The van der Waals surface area contributed by atoms with Gasteiger partial charge in [-0.3, -0.25) is 4.79 Å². The lowest BCUT2D eigenvalue weighted by molar-refractivity contribution is -0.183. The second-order valence-electron chi connectivity index (χ2n) is 4.85. The van der Waals surface area contributed by atoms with Crippen LogP contribution in [0.5, 0.6) is 0 Å². The first-order valence-electron chi connectivity index (χ1n) is 6.32. The Morgan fingerprint density at radius 1 is 1.39 bits per heavy atom. The number of nitrogens with zero attached hydrogens (tertiary/aromatic N) is 1. The van der Waals surface area contributed by atoms with Crippen molar-refractivity contribution in [1.82, 2.24) is 4.90 Å². The van der Waals surface area contributed by atoms with Crippen LogP contribution in [-0.2, 0) is 9.47 Å². The molecular weight excluding hydrogens is 250 g/mol. The van der Waals surface area contributed by atoms with E-state index >= 15 is 0 Å². The van der Waals surface area contributed by atoms with Crippen molar-refractivity contribution in [3.05, 3.63) is 21.9 Å². The number of aryl methyl sites for hydroxylation is 1. The van der Waals surface area contributed by atoms with Gasteiger partial charge in [0.25, 0.3) is 5.91 Å². The molecule has 0 atom stereocenters. The topological polar surface area (TPSA) is 38.8 Å². The average molecular weight is 267 g/mol. The minimum Gasteiger partial charge on any atom is -0.346 e. The number of amides is 1. The van der Waals surface area contributed by atoms with Crippen molar-refractivity contribution in [2.24, 2.45) is 0 Å². The van der Waals surface area contributed by atoms with Crippen molar-refractivity contribution in [1.29, 1.82) is 0 Å². The Kier molecular flexibility index (Phi) is 3.13. The first-order valence-corrected chi connectivity index (χ1v) is 7.14. The van der Waals surface area contributed by atoms with E-state index < -0.39 is 5.79 Å². The van der Waals surface area contributed by atoms with Gasteiger partial charge in [0.05, 0.1) is 24.6 Å². The van der Waals surface area contributed by atoms with Gasteiger partial charge in [-0.25, -0.2) is 0 Å². The van der Waals surface area contributed by atoms with Crippen LogP contribution in [0.15, 0.2) is 12.1 Å². The van der Waals surface area contributed by atoms with Gasteiger partial charge in [-0.1, -0.05) is 0 Å². The van der Waals surface area contributed by atoms with Gasteiger partial charge in [0.1, 0.15) is 0 Å². The predicted molar refractivity (Wildman–Crippen MR) is 68.8 cm³/mol. The number of piperidine rings is 1. The summed E-state index contributed by atoms with van der Waals surface area (Å²) in [5.74, 6) is -0.425. The summed E-state index contributed by atoms with van der Waals surface area (Å²) in [4.78, 5) is 16.2. The largest absolute Gasteiger partial charge is 0.346 e. The van der Waals surface area contributed by atoms with Crippen LogP contribution >= 0.6 is 11.3 Å². The van der Waals surface area contributed by atoms with E-state index in [4.69, 9.17) is 9.47 Å². The maximum Gasteiger partial charge on any atom is 0.264 e. The fourth-order valence-electron chi connectivity index (χ4n) is 2.60. The molecule has 3 rings (SSSR count). The van der Waals surface area contributed by atoms with Gasteiger partial charge in [-0.2, -0.15) is 0 Å². The minimum atomic E-state index is -0.528. The minimum absolute atomic E-state index is 0.103. The van der Waals surface area contributed by atoms with Crippen LogP contribution in [0.1, 0.15) is 27.4 Å². The lowest BCUT2D eigenvalue weighted by atomic mass is 10.0. The first kappa shape index (κ1) is 12.1. The highest BCUT2D eigenvalue weighted by atomic mass is 32.1. The SMILES string of the molecule is Cc1ccc(C(=O)N2CCCC3(C2)OCCO3)s1. The molecule has 2 aliphatic rings. The number of rotatable bonds is 1. The van der Waals surface area contributed by atoms with E-state index in [2.05, 4.69) is 0 Å². The molecule has 0 aromatic carbocycles. The van der Waals surface area contributed by atoms with Gasteiger partial charge in [0, 0.05) is 17.8 Å². The molecule has 0 unspecified atom stereocenters. The predicted octanol–water partition coefficient (Wildman–Crippen LogP) is 2.04. The van der Waals surface area contributed by atoms with Crippen molar-refractivity contribution < 1.29 is 14.3 Å². The van der Waals surface area contributed by atoms with E-state index in [1.165, 1.54) is 4.88 Å². The first-order chi connectivity index (χ1) is 8.69. The molecular formula is C13H17NO3S. The Bertz CT molecular complexity index is 451. The number of ether oxygens (including phenoxy) is 2. The van der Waals surface area contributed by atoms with Crippen LogP contribution in [0.4, 0.5) is 0 Å². The van der Waals surface area contributed by atoms with Crippen molar-refractivity contribution in [2.45, 2.75) is 25.6 Å².